The first kappa shape index (κ1) is 17.0. The van der Waals surface area contributed by atoms with Crippen LogP contribution in [0.15, 0.2) is 29.2 Å². The van der Waals surface area contributed by atoms with E-state index in [0.717, 1.165) is 12.2 Å². The molecule has 112 valence electrons. The van der Waals surface area contributed by atoms with E-state index in [1.807, 2.05) is 0 Å². The maximum atomic E-state index is 11.6. The highest BCUT2D eigenvalue weighted by atomic mass is 32.2. The first-order valence-electron chi connectivity index (χ1n) is 6.87. The van der Waals surface area contributed by atoms with Crippen molar-refractivity contribution in [1.29, 1.82) is 0 Å². The molecule has 0 aliphatic heterocycles. The highest BCUT2D eigenvalue weighted by Crippen LogP contribution is 2.18. The molecule has 20 heavy (non-hydrogen) atoms. The Labute approximate surface area is 124 Å². The third-order valence-corrected chi connectivity index (χ3v) is 3.66. The summed E-state index contributed by atoms with van der Waals surface area (Å²) in [5.74, 6) is 0.863. The number of carbonyl (C=O) groups is 1. The maximum Gasteiger partial charge on any atom is 0.220 e. The Balaban J connectivity index is 2.01. The quantitative estimate of drug-likeness (QED) is 0.512. The van der Waals surface area contributed by atoms with Crippen LogP contribution < -0.4 is 5.32 Å². The van der Waals surface area contributed by atoms with Crippen LogP contribution >= 0.6 is 11.8 Å². The van der Waals surface area contributed by atoms with Crippen molar-refractivity contribution in [3.05, 3.63) is 29.8 Å². The lowest BCUT2D eigenvalue weighted by atomic mass is 10.2. The fourth-order valence-electron chi connectivity index (χ4n) is 1.55. The maximum absolute atomic E-state index is 11.6. The van der Waals surface area contributed by atoms with Crippen molar-refractivity contribution in [2.24, 2.45) is 0 Å². The van der Waals surface area contributed by atoms with Gasteiger partial charge in [0.25, 0.3) is 0 Å². The van der Waals surface area contributed by atoms with Crippen molar-refractivity contribution >= 4 is 17.7 Å². The summed E-state index contributed by atoms with van der Waals surface area (Å²) < 4.78 is 5.11. The molecule has 1 aromatic rings. The molecule has 0 heterocycles. The highest BCUT2D eigenvalue weighted by Gasteiger charge is 2.01. The number of aryl methyl sites for hydroxylation is 1. The van der Waals surface area contributed by atoms with Gasteiger partial charge in [-0.15, -0.1) is 11.8 Å². The molecule has 0 atom stereocenters. The SMILES string of the molecule is Cc1ccc(SCCC(=O)NCCCOCCO)cc1. The number of ether oxygens (including phenoxy) is 1. The second-order valence-corrected chi connectivity index (χ2v) is 5.62. The summed E-state index contributed by atoms with van der Waals surface area (Å²) in [5, 5.41) is 11.4. The van der Waals surface area contributed by atoms with Gasteiger partial charge in [-0.25, -0.2) is 0 Å². The smallest absolute Gasteiger partial charge is 0.220 e. The van der Waals surface area contributed by atoms with Gasteiger partial charge in [-0.2, -0.15) is 0 Å². The molecule has 0 aromatic heterocycles. The Kier molecular flexibility index (Phi) is 9.11. The molecule has 0 fully saturated rings. The Hall–Kier alpha value is -1.04. The number of benzene rings is 1. The molecule has 0 unspecified atom stereocenters. The van der Waals surface area contributed by atoms with E-state index in [0.29, 0.717) is 26.2 Å². The molecule has 0 spiro atoms. The summed E-state index contributed by atoms with van der Waals surface area (Å²) in [4.78, 5) is 12.8. The highest BCUT2D eigenvalue weighted by molar-refractivity contribution is 7.99. The lowest BCUT2D eigenvalue weighted by molar-refractivity contribution is -0.120. The van der Waals surface area contributed by atoms with Gasteiger partial charge >= 0.3 is 0 Å². The molecule has 2 N–H and O–H groups in total. The number of aliphatic hydroxyl groups is 1. The van der Waals surface area contributed by atoms with Gasteiger partial charge in [-0.3, -0.25) is 4.79 Å². The number of nitrogens with one attached hydrogen (secondary N) is 1. The molecule has 0 bridgehead atoms. The Morgan fingerprint density at radius 3 is 2.75 bits per heavy atom. The number of rotatable bonds is 10. The zero-order valence-corrected chi connectivity index (χ0v) is 12.7. The zero-order valence-electron chi connectivity index (χ0n) is 11.9. The number of thioether (sulfide) groups is 1. The van der Waals surface area contributed by atoms with E-state index in [9.17, 15) is 4.79 Å². The van der Waals surface area contributed by atoms with Crippen LogP contribution in [0, 0.1) is 6.92 Å². The number of amides is 1. The number of hydrogen-bond donors (Lipinski definition) is 2. The van der Waals surface area contributed by atoms with E-state index < -0.39 is 0 Å². The summed E-state index contributed by atoms with van der Waals surface area (Å²) >= 11 is 1.69. The van der Waals surface area contributed by atoms with Crippen molar-refractivity contribution in [1.82, 2.24) is 5.32 Å². The summed E-state index contributed by atoms with van der Waals surface area (Å²) in [6.07, 6.45) is 1.30. The van der Waals surface area contributed by atoms with Crippen molar-refractivity contribution in [2.45, 2.75) is 24.7 Å². The predicted octanol–water partition coefficient (Wildman–Crippen LogP) is 1.99. The largest absolute Gasteiger partial charge is 0.394 e. The minimum absolute atomic E-state index is 0.0442. The lowest BCUT2D eigenvalue weighted by Crippen LogP contribution is -2.25. The number of hydrogen-bond acceptors (Lipinski definition) is 4. The Morgan fingerprint density at radius 2 is 2.05 bits per heavy atom. The second-order valence-electron chi connectivity index (χ2n) is 4.45. The second kappa shape index (κ2) is 10.7. The third kappa shape index (κ3) is 8.19. The van der Waals surface area contributed by atoms with E-state index in [1.54, 1.807) is 11.8 Å². The number of carbonyl (C=O) groups excluding carboxylic acids is 1. The topological polar surface area (TPSA) is 58.6 Å². The minimum Gasteiger partial charge on any atom is -0.394 e. The van der Waals surface area contributed by atoms with Crippen LogP contribution in [0.4, 0.5) is 0 Å². The molecule has 5 heteroatoms. The molecule has 1 aromatic carbocycles. The van der Waals surface area contributed by atoms with Gasteiger partial charge in [0.15, 0.2) is 0 Å². The summed E-state index contributed by atoms with van der Waals surface area (Å²) in [6, 6.07) is 8.32. The third-order valence-electron chi connectivity index (χ3n) is 2.64. The van der Waals surface area contributed by atoms with Crippen LogP contribution in [0.25, 0.3) is 0 Å². The first-order valence-corrected chi connectivity index (χ1v) is 7.85. The van der Waals surface area contributed by atoms with Crippen molar-refractivity contribution < 1.29 is 14.6 Å². The van der Waals surface area contributed by atoms with E-state index >= 15 is 0 Å². The van der Waals surface area contributed by atoms with Gasteiger partial charge in [0.05, 0.1) is 13.2 Å². The van der Waals surface area contributed by atoms with Crippen LogP contribution in [-0.4, -0.2) is 43.1 Å². The van der Waals surface area contributed by atoms with E-state index in [4.69, 9.17) is 9.84 Å². The number of aliphatic hydroxyl groups excluding tert-OH is 1. The van der Waals surface area contributed by atoms with Gasteiger partial charge in [0.1, 0.15) is 0 Å². The summed E-state index contributed by atoms with van der Waals surface area (Å²) in [7, 11) is 0. The minimum atomic E-state index is 0.0442. The van der Waals surface area contributed by atoms with Gasteiger partial charge in [0, 0.05) is 30.2 Å². The van der Waals surface area contributed by atoms with Crippen LogP contribution in [0.5, 0.6) is 0 Å². The molecule has 1 amide bonds. The average molecular weight is 297 g/mol. The molecule has 4 nitrogen and oxygen atoms in total. The summed E-state index contributed by atoms with van der Waals surface area (Å²) in [5.41, 5.74) is 1.25. The molecule has 1 rings (SSSR count). The molecule has 0 aliphatic rings. The van der Waals surface area contributed by atoms with Gasteiger partial charge < -0.3 is 15.2 Å². The van der Waals surface area contributed by atoms with Crippen molar-refractivity contribution in [3.8, 4) is 0 Å². The molecule has 0 saturated carbocycles. The molecule has 0 saturated heterocycles. The van der Waals surface area contributed by atoms with Gasteiger partial charge in [-0.1, -0.05) is 17.7 Å². The lowest BCUT2D eigenvalue weighted by Gasteiger charge is -2.06. The zero-order chi connectivity index (χ0) is 14.6. The molecular formula is C15H23NO3S. The Morgan fingerprint density at radius 1 is 1.30 bits per heavy atom. The average Bonchev–Trinajstić information content (AvgIpc) is 2.45. The van der Waals surface area contributed by atoms with Crippen LogP contribution in [0.3, 0.4) is 0 Å². The van der Waals surface area contributed by atoms with Gasteiger partial charge in [-0.05, 0) is 25.5 Å². The summed E-state index contributed by atoms with van der Waals surface area (Å²) in [6.45, 7) is 3.66. The van der Waals surface area contributed by atoms with Crippen LogP contribution in [-0.2, 0) is 9.53 Å². The van der Waals surface area contributed by atoms with Crippen molar-refractivity contribution in [3.63, 3.8) is 0 Å². The van der Waals surface area contributed by atoms with E-state index in [-0.39, 0.29) is 12.5 Å². The standard InChI is InChI=1S/C15H23NO3S/c1-13-3-5-14(6-4-13)20-12-7-15(18)16-8-2-10-19-11-9-17/h3-6,17H,2,7-12H2,1H3,(H,16,18). The fourth-order valence-corrected chi connectivity index (χ4v) is 2.40. The first-order chi connectivity index (χ1) is 9.72. The van der Waals surface area contributed by atoms with E-state index in [2.05, 4.69) is 36.5 Å². The Bertz CT molecular complexity index is 381. The molecular weight excluding hydrogens is 274 g/mol. The molecule has 0 aliphatic carbocycles. The fraction of sp³-hybridized carbons (Fsp3) is 0.533. The monoisotopic (exact) mass is 297 g/mol. The van der Waals surface area contributed by atoms with Crippen LogP contribution in [0.1, 0.15) is 18.4 Å². The van der Waals surface area contributed by atoms with Crippen molar-refractivity contribution in [2.75, 3.05) is 32.1 Å². The molecule has 0 radical (unpaired) electrons. The van der Waals surface area contributed by atoms with Gasteiger partial charge in [0.2, 0.25) is 5.91 Å². The van der Waals surface area contributed by atoms with Crippen LogP contribution in [0.2, 0.25) is 0 Å². The normalized spacial score (nSPS) is 10.5. The predicted molar refractivity (Wildman–Crippen MR) is 82.1 cm³/mol. The van der Waals surface area contributed by atoms with E-state index in [1.165, 1.54) is 10.5 Å².